The first-order valence-corrected chi connectivity index (χ1v) is 8.36. The lowest BCUT2D eigenvalue weighted by molar-refractivity contribution is 0.521. The number of benzene rings is 1. The van der Waals surface area contributed by atoms with Crippen molar-refractivity contribution in [2.45, 2.75) is 11.4 Å². The van der Waals surface area contributed by atoms with Gasteiger partial charge in [0.25, 0.3) is 0 Å². The van der Waals surface area contributed by atoms with E-state index in [4.69, 9.17) is 5.73 Å². The van der Waals surface area contributed by atoms with Gasteiger partial charge in [-0.2, -0.15) is 11.3 Å². The van der Waals surface area contributed by atoms with Crippen molar-refractivity contribution in [2.24, 2.45) is 0 Å². The van der Waals surface area contributed by atoms with E-state index in [2.05, 4.69) is 5.32 Å². The van der Waals surface area contributed by atoms with Crippen molar-refractivity contribution in [3.63, 3.8) is 0 Å². The van der Waals surface area contributed by atoms with Crippen molar-refractivity contribution in [2.75, 3.05) is 25.1 Å². The molecule has 0 bridgehead atoms. The highest BCUT2D eigenvalue weighted by Crippen LogP contribution is 2.25. The van der Waals surface area contributed by atoms with Crippen LogP contribution < -0.4 is 11.1 Å². The molecule has 2 rings (SSSR count). The molecule has 1 aromatic heterocycles. The fourth-order valence-electron chi connectivity index (χ4n) is 1.65. The Morgan fingerprint density at radius 2 is 2.05 bits per heavy atom. The maximum absolute atomic E-state index is 12.1. The molecule has 0 atom stereocenters. The summed E-state index contributed by atoms with van der Waals surface area (Å²) in [6.07, 6.45) is 0. The number of nitrogens with two attached hydrogens (primary N) is 1. The molecule has 0 saturated heterocycles. The van der Waals surface area contributed by atoms with Gasteiger partial charge in [-0.25, -0.2) is 12.7 Å². The molecule has 1 aromatic carbocycles. The number of sulfonamides is 1. The van der Waals surface area contributed by atoms with E-state index in [0.29, 0.717) is 17.9 Å². The van der Waals surface area contributed by atoms with Crippen LogP contribution in [-0.2, 0) is 16.6 Å². The van der Waals surface area contributed by atoms with Crippen molar-refractivity contribution in [3.05, 3.63) is 40.6 Å². The molecule has 3 N–H and O–H groups in total. The van der Waals surface area contributed by atoms with E-state index >= 15 is 0 Å². The lowest BCUT2D eigenvalue weighted by Gasteiger charge is -2.14. The highest BCUT2D eigenvalue weighted by Gasteiger charge is 2.18. The van der Waals surface area contributed by atoms with Gasteiger partial charge >= 0.3 is 0 Å². The molecule has 0 aliphatic rings. The molecular formula is C13H17N3O2S2. The van der Waals surface area contributed by atoms with E-state index in [9.17, 15) is 8.42 Å². The minimum atomic E-state index is -3.45. The SMILES string of the molecule is CN(C)S(=O)(=O)c1ccc(N)c(NCc2ccsc2)c1. The van der Waals surface area contributed by atoms with Crippen molar-refractivity contribution < 1.29 is 8.42 Å². The Labute approximate surface area is 123 Å². The number of anilines is 2. The Morgan fingerprint density at radius 3 is 2.65 bits per heavy atom. The summed E-state index contributed by atoms with van der Waals surface area (Å²) in [6.45, 7) is 0.610. The molecular weight excluding hydrogens is 294 g/mol. The third kappa shape index (κ3) is 3.12. The first-order chi connectivity index (χ1) is 9.41. The largest absolute Gasteiger partial charge is 0.397 e. The summed E-state index contributed by atoms with van der Waals surface area (Å²) in [4.78, 5) is 0.226. The van der Waals surface area contributed by atoms with Gasteiger partial charge in [-0.3, -0.25) is 0 Å². The Morgan fingerprint density at radius 1 is 1.30 bits per heavy atom. The molecule has 108 valence electrons. The van der Waals surface area contributed by atoms with Gasteiger partial charge in [-0.15, -0.1) is 0 Å². The predicted octanol–water partition coefficient (Wildman–Crippen LogP) is 2.19. The van der Waals surface area contributed by atoms with Gasteiger partial charge < -0.3 is 11.1 Å². The number of nitrogens with one attached hydrogen (secondary N) is 1. The summed E-state index contributed by atoms with van der Waals surface area (Å²) in [5, 5.41) is 7.19. The van der Waals surface area contributed by atoms with Crippen molar-refractivity contribution in [1.82, 2.24) is 4.31 Å². The molecule has 1 heterocycles. The fraction of sp³-hybridized carbons (Fsp3) is 0.231. The highest BCUT2D eigenvalue weighted by molar-refractivity contribution is 7.89. The van der Waals surface area contributed by atoms with E-state index in [-0.39, 0.29) is 4.90 Å². The van der Waals surface area contributed by atoms with Crippen LogP contribution in [-0.4, -0.2) is 26.8 Å². The molecule has 0 radical (unpaired) electrons. The van der Waals surface area contributed by atoms with Crippen LogP contribution in [0.15, 0.2) is 39.9 Å². The molecule has 7 heteroatoms. The van der Waals surface area contributed by atoms with Crippen LogP contribution in [0.3, 0.4) is 0 Å². The van der Waals surface area contributed by atoms with E-state index < -0.39 is 10.0 Å². The van der Waals surface area contributed by atoms with E-state index in [0.717, 1.165) is 5.56 Å². The second-order valence-corrected chi connectivity index (χ2v) is 7.45. The van der Waals surface area contributed by atoms with Gasteiger partial charge in [0.15, 0.2) is 0 Å². The minimum absolute atomic E-state index is 0.226. The third-order valence-electron chi connectivity index (χ3n) is 2.87. The van der Waals surface area contributed by atoms with Crippen molar-refractivity contribution in [3.8, 4) is 0 Å². The van der Waals surface area contributed by atoms with Gasteiger partial charge in [0.05, 0.1) is 16.3 Å². The average molecular weight is 311 g/mol. The Balaban J connectivity index is 2.25. The van der Waals surface area contributed by atoms with Gasteiger partial charge in [-0.05, 0) is 40.6 Å². The second kappa shape index (κ2) is 5.82. The zero-order valence-electron chi connectivity index (χ0n) is 11.3. The van der Waals surface area contributed by atoms with Gasteiger partial charge in [0.1, 0.15) is 0 Å². The van der Waals surface area contributed by atoms with Crippen LogP contribution in [0, 0.1) is 0 Å². The molecule has 0 spiro atoms. The molecule has 5 nitrogen and oxygen atoms in total. The Hall–Kier alpha value is -1.57. The van der Waals surface area contributed by atoms with Crippen molar-refractivity contribution >= 4 is 32.7 Å². The summed E-state index contributed by atoms with van der Waals surface area (Å²) in [5.41, 5.74) is 8.16. The molecule has 2 aromatic rings. The minimum Gasteiger partial charge on any atom is -0.397 e. The number of nitrogen functional groups attached to an aromatic ring is 1. The standard InChI is InChI=1S/C13H17N3O2S2/c1-16(2)20(17,18)11-3-4-12(14)13(7-11)15-8-10-5-6-19-9-10/h3-7,9,15H,8,14H2,1-2H3. The smallest absolute Gasteiger partial charge is 0.242 e. The van der Waals surface area contributed by atoms with E-state index in [1.165, 1.54) is 24.5 Å². The van der Waals surface area contributed by atoms with Gasteiger partial charge in [0.2, 0.25) is 10.0 Å². The molecule has 0 aliphatic heterocycles. The third-order valence-corrected chi connectivity index (χ3v) is 5.41. The normalized spacial score (nSPS) is 11.8. The molecule has 0 fully saturated rings. The molecule has 0 saturated carbocycles. The van der Waals surface area contributed by atoms with Crippen LogP contribution >= 0.6 is 11.3 Å². The van der Waals surface area contributed by atoms with Crippen LogP contribution in [0.5, 0.6) is 0 Å². The quantitative estimate of drug-likeness (QED) is 0.830. The first-order valence-electron chi connectivity index (χ1n) is 5.98. The first kappa shape index (κ1) is 14.8. The summed E-state index contributed by atoms with van der Waals surface area (Å²) < 4.78 is 25.4. The second-order valence-electron chi connectivity index (χ2n) is 4.52. The van der Waals surface area contributed by atoms with Crippen LogP contribution in [0.1, 0.15) is 5.56 Å². The maximum Gasteiger partial charge on any atom is 0.242 e. The van der Waals surface area contributed by atoms with Gasteiger partial charge in [-0.1, -0.05) is 0 Å². The number of hydrogen-bond acceptors (Lipinski definition) is 5. The summed E-state index contributed by atoms with van der Waals surface area (Å²) in [7, 11) is -0.440. The number of hydrogen-bond donors (Lipinski definition) is 2. The highest BCUT2D eigenvalue weighted by atomic mass is 32.2. The molecule has 0 amide bonds. The number of nitrogens with zero attached hydrogens (tertiary/aromatic N) is 1. The maximum atomic E-state index is 12.1. The van der Waals surface area contributed by atoms with Crippen LogP contribution in [0.4, 0.5) is 11.4 Å². The lowest BCUT2D eigenvalue weighted by atomic mass is 10.2. The molecule has 20 heavy (non-hydrogen) atoms. The fourth-order valence-corrected chi connectivity index (χ4v) is 3.25. The number of rotatable bonds is 5. The zero-order valence-corrected chi connectivity index (χ0v) is 13.0. The topological polar surface area (TPSA) is 75.4 Å². The summed E-state index contributed by atoms with van der Waals surface area (Å²) in [5.74, 6) is 0. The van der Waals surface area contributed by atoms with E-state index in [1.54, 1.807) is 23.5 Å². The Kier molecular flexibility index (Phi) is 4.32. The van der Waals surface area contributed by atoms with Crippen molar-refractivity contribution in [1.29, 1.82) is 0 Å². The summed E-state index contributed by atoms with van der Waals surface area (Å²) >= 11 is 1.62. The number of thiophene rings is 1. The molecule has 0 aliphatic carbocycles. The lowest BCUT2D eigenvalue weighted by Crippen LogP contribution is -2.22. The Bertz CT molecular complexity index is 680. The van der Waals surface area contributed by atoms with Gasteiger partial charge in [0, 0.05) is 20.6 Å². The van der Waals surface area contributed by atoms with Crippen LogP contribution in [0.25, 0.3) is 0 Å². The average Bonchev–Trinajstić information content (AvgIpc) is 2.90. The molecule has 0 unspecified atom stereocenters. The van der Waals surface area contributed by atoms with E-state index in [1.807, 2.05) is 16.8 Å². The monoisotopic (exact) mass is 311 g/mol. The zero-order chi connectivity index (χ0) is 14.8. The van der Waals surface area contributed by atoms with Crippen LogP contribution in [0.2, 0.25) is 0 Å². The summed E-state index contributed by atoms with van der Waals surface area (Å²) in [6, 6.07) is 6.69. The predicted molar refractivity (Wildman–Crippen MR) is 83.4 cm³/mol.